The molecule has 21 heavy (non-hydrogen) atoms. The second-order valence-electron chi connectivity index (χ2n) is 6.01. The lowest BCUT2D eigenvalue weighted by atomic mass is 9.91. The molecule has 0 aliphatic carbocycles. The van der Waals surface area contributed by atoms with Gasteiger partial charge in [-0.2, -0.15) is 13.2 Å². The van der Waals surface area contributed by atoms with Crippen molar-refractivity contribution in [2.75, 3.05) is 13.2 Å². The number of benzene rings is 1. The van der Waals surface area contributed by atoms with Crippen molar-refractivity contribution >= 4 is 0 Å². The number of halogens is 3. The Kier molecular flexibility index (Phi) is 4.94. The van der Waals surface area contributed by atoms with E-state index in [9.17, 15) is 18.3 Å². The lowest BCUT2D eigenvalue weighted by Gasteiger charge is -2.41. The molecule has 5 heteroatoms. The molecule has 1 fully saturated rings. The molecule has 2 nitrogen and oxygen atoms in total. The minimum atomic E-state index is -4.30. The summed E-state index contributed by atoms with van der Waals surface area (Å²) in [7, 11) is 0. The van der Waals surface area contributed by atoms with Crippen LogP contribution in [0.3, 0.4) is 0 Å². The highest BCUT2D eigenvalue weighted by Crippen LogP contribution is 2.33. The van der Waals surface area contributed by atoms with E-state index >= 15 is 0 Å². The van der Waals surface area contributed by atoms with E-state index in [4.69, 9.17) is 0 Å². The Hall–Kier alpha value is -1.07. The van der Waals surface area contributed by atoms with Gasteiger partial charge in [-0.3, -0.25) is 4.90 Å². The molecule has 0 radical (unpaired) electrons. The number of hydrogen-bond acceptors (Lipinski definition) is 2. The summed E-state index contributed by atoms with van der Waals surface area (Å²) in [6.07, 6.45) is -2.28. The minimum absolute atomic E-state index is 0.00665. The third-order valence-corrected chi connectivity index (χ3v) is 4.41. The maximum absolute atomic E-state index is 12.6. The van der Waals surface area contributed by atoms with Gasteiger partial charge in [0, 0.05) is 18.6 Å². The molecule has 0 saturated carbocycles. The summed E-state index contributed by atoms with van der Waals surface area (Å²) in [5, 5.41) is 9.50. The maximum Gasteiger partial charge on any atom is 0.416 e. The highest BCUT2D eigenvalue weighted by atomic mass is 19.4. The van der Waals surface area contributed by atoms with Gasteiger partial charge in [0.25, 0.3) is 0 Å². The summed E-state index contributed by atoms with van der Waals surface area (Å²) in [5.74, 6) is 0.546. The Bertz CT molecular complexity index is 458. The Morgan fingerprint density at radius 3 is 2.38 bits per heavy atom. The quantitative estimate of drug-likeness (QED) is 0.916. The molecule has 1 heterocycles. The number of hydrogen-bond donors (Lipinski definition) is 1. The Morgan fingerprint density at radius 2 is 1.86 bits per heavy atom. The molecule has 1 N–H and O–H groups in total. The van der Waals surface area contributed by atoms with Crippen LogP contribution in [0.2, 0.25) is 0 Å². The summed E-state index contributed by atoms with van der Waals surface area (Å²) in [6.45, 7) is 5.12. The molecule has 118 valence electrons. The molecule has 1 unspecified atom stereocenters. The zero-order valence-corrected chi connectivity index (χ0v) is 12.4. The SMILES string of the molecule is CC(c1ccc(C(F)(F)F)cc1)N1C[C@H](C)CC[C@H]1CO. The highest BCUT2D eigenvalue weighted by Gasteiger charge is 2.32. The van der Waals surface area contributed by atoms with E-state index in [1.165, 1.54) is 0 Å². The first-order valence-corrected chi connectivity index (χ1v) is 7.36. The largest absolute Gasteiger partial charge is 0.416 e. The number of piperidine rings is 1. The molecule has 2 rings (SSSR count). The van der Waals surface area contributed by atoms with Gasteiger partial charge in [-0.1, -0.05) is 19.1 Å². The van der Waals surface area contributed by atoms with E-state index < -0.39 is 11.7 Å². The van der Waals surface area contributed by atoms with Crippen molar-refractivity contribution in [2.24, 2.45) is 5.92 Å². The van der Waals surface area contributed by atoms with Gasteiger partial charge in [0.1, 0.15) is 0 Å². The van der Waals surface area contributed by atoms with Crippen LogP contribution in [-0.2, 0) is 6.18 Å². The smallest absolute Gasteiger partial charge is 0.395 e. The number of alkyl halides is 3. The van der Waals surface area contributed by atoms with Crippen molar-refractivity contribution in [3.8, 4) is 0 Å². The third-order valence-electron chi connectivity index (χ3n) is 4.41. The standard InChI is InChI=1S/C16H22F3NO/c1-11-3-8-15(10-21)20(9-11)12(2)13-4-6-14(7-5-13)16(17,18)19/h4-7,11-12,15,21H,3,8-10H2,1-2H3/t11-,12?,15+/m1/s1. The van der Waals surface area contributed by atoms with E-state index in [2.05, 4.69) is 11.8 Å². The van der Waals surface area contributed by atoms with Gasteiger partial charge in [-0.25, -0.2) is 0 Å². The van der Waals surface area contributed by atoms with Crippen molar-refractivity contribution in [1.29, 1.82) is 0 Å². The first-order valence-electron chi connectivity index (χ1n) is 7.36. The predicted octanol–water partition coefficient (Wildman–Crippen LogP) is 3.86. The van der Waals surface area contributed by atoms with Crippen LogP contribution in [-0.4, -0.2) is 29.2 Å². The third kappa shape index (κ3) is 3.77. The fourth-order valence-corrected chi connectivity index (χ4v) is 3.06. The first kappa shape index (κ1) is 16.3. The van der Waals surface area contributed by atoms with Crippen LogP contribution < -0.4 is 0 Å². The average Bonchev–Trinajstić information content (AvgIpc) is 2.45. The van der Waals surface area contributed by atoms with Gasteiger partial charge >= 0.3 is 6.18 Å². The van der Waals surface area contributed by atoms with Crippen molar-refractivity contribution < 1.29 is 18.3 Å². The van der Waals surface area contributed by atoms with E-state index in [0.717, 1.165) is 37.1 Å². The fraction of sp³-hybridized carbons (Fsp3) is 0.625. The van der Waals surface area contributed by atoms with E-state index in [1.807, 2.05) is 6.92 Å². The molecule has 1 aromatic carbocycles. The summed E-state index contributed by atoms with van der Waals surface area (Å²) < 4.78 is 37.8. The molecular formula is C16H22F3NO. The first-order chi connectivity index (χ1) is 9.82. The van der Waals surface area contributed by atoms with Crippen LogP contribution in [0.5, 0.6) is 0 Å². The molecule has 3 atom stereocenters. The minimum Gasteiger partial charge on any atom is -0.395 e. The Balaban J connectivity index is 2.16. The summed E-state index contributed by atoms with van der Waals surface area (Å²) >= 11 is 0. The molecule has 0 bridgehead atoms. The second kappa shape index (κ2) is 6.36. The van der Waals surface area contributed by atoms with Gasteiger partial charge < -0.3 is 5.11 Å². The lowest BCUT2D eigenvalue weighted by Crippen LogP contribution is -2.45. The number of likely N-dealkylation sites (tertiary alicyclic amines) is 1. The van der Waals surface area contributed by atoms with Crippen molar-refractivity contribution in [3.05, 3.63) is 35.4 Å². The zero-order valence-electron chi connectivity index (χ0n) is 12.4. The topological polar surface area (TPSA) is 23.5 Å². The lowest BCUT2D eigenvalue weighted by molar-refractivity contribution is -0.137. The molecular weight excluding hydrogens is 279 g/mol. The van der Waals surface area contributed by atoms with E-state index in [1.54, 1.807) is 12.1 Å². The number of rotatable bonds is 3. The summed E-state index contributed by atoms with van der Waals surface area (Å²) in [4.78, 5) is 2.21. The van der Waals surface area contributed by atoms with Crippen LogP contribution >= 0.6 is 0 Å². The summed E-state index contributed by atoms with van der Waals surface area (Å²) in [6, 6.07) is 5.45. The van der Waals surface area contributed by atoms with Gasteiger partial charge in [0.15, 0.2) is 0 Å². The molecule has 1 aliphatic rings. The highest BCUT2D eigenvalue weighted by molar-refractivity contribution is 5.26. The van der Waals surface area contributed by atoms with E-state index in [0.29, 0.717) is 5.92 Å². The number of aliphatic hydroxyl groups excluding tert-OH is 1. The zero-order chi connectivity index (χ0) is 15.6. The van der Waals surface area contributed by atoms with Crippen LogP contribution in [0.25, 0.3) is 0 Å². The van der Waals surface area contributed by atoms with Crippen molar-refractivity contribution in [3.63, 3.8) is 0 Å². The maximum atomic E-state index is 12.6. The molecule has 0 spiro atoms. The molecule has 1 aliphatic heterocycles. The Morgan fingerprint density at radius 1 is 1.24 bits per heavy atom. The van der Waals surface area contributed by atoms with Gasteiger partial charge in [-0.05, 0) is 43.4 Å². The predicted molar refractivity (Wildman–Crippen MR) is 75.8 cm³/mol. The van der Waals surface area contributed by atoms with Gasteiger partial charge in [0.05, 0.1) is 12.2 Å². The second-order valence-corrected chi connectivity index (χ2v) is 6.01. The molecule has 0 aromatic heterocycles. The average molecular weight is 301 g/mol. The number of aliphatic hydroxyl groups is 1. The van der Waals surface area contributed by atoms with Crippen LogP contribution in [0.15, 0.2) is 24.3 Å². The van der Waals surface area contributed by atoms with Crippen LogP contribution in [0.1, 0.15) is 43.9 Å². The molecule has 1 saturated heterocycles. The number of nitrogens with zero attached hydrogens (tertiary/aromatic N) is 1. The van der Waals surface area contributed by atoms with Gasteiger partial charge in [0.2, 0.25) is 0 Å². The normalized spacial score (nSPS) is 25.8. The van der Waals surface area contributed by atoms with Crippen LogP contribution in [0.4, 0.5) is 13.2 Å². The van der Waals surface area contributed by atoms with Gasteiger partial charge in [-0.15, -0.1) is 0 Å². The summed E-state index contributed by atoms with van der Waals surface area (Å²) in [5.41, 5.74) is 0.236. The molecule has 1 aromatic rings. The van der Waals surface area contributed by atoms with Crippen molar-refractivity contribution in [1.82, 2.24) is 4.90 Å². The van der Waals surface area contributed by atoms with Crippen molar-refractivity contribution in [2.45, 2.75) is 44.9 Å². The fourth-order valence-electron chi connectivity index (χ4n) is 3.06. The van der Waals surface area contributed by atoms with Crippen LogP contribution in [0, 0.1) is 5.92 Å². The Labute approximate surface area is 123 Å². The van der Waals surface area contributed by atoms with E-state index in [-0.39, 0.29) is 18.7 Å². The molecule has 0 amide bonds. The monoisotopic (exact) mass is 301 g/mol.